The van der Waals surface area contributed by atoms with Crippen molar-refractivity contribution in [2.45, 2.75) is 12.6 Å². The van der Waals surface area contributed by atoms with Crippen molar-refractivity contribution in [3.63, 3.8) is 0 Å². The summed E-state index contributed by atoms with van der Waals surface area (Å²) in [5.74, 6) is -1.78. The molecule has 0 aliphatic carbocycles. The predicted molar refractivity (Wildman–Crippen MR) is 111 cm³/mol. The van der Waals surface area contributed by atoms with Crippen molar-refractivity contribution >= 4 is 28.7 Å². The van der Waals surface area contributed by atoms with Gasteiger partial charge in [-0.05, 0) is 22.6 Å². The van der Waals surface area contributed by atoms with Gasteiger partial charge in [0.25, 0.3) is 11.6 Å². The Kier molecular flexibility index (Phi) is 5.16. The molecule has 1 unspecified atom stereocenters. The highest BCUT2D eigenvalue weighted by Gasteiger charge is 2.44. The topological polar surface area (TPSA) is 101 Å². The zero-order valence-electron chi connectivity index (χ0n) is 15.6. The molecule has 4 rings (SSSR count). The average molecular weight is 420 g/mol. The molecule has 1 aliphatic heterocycles. The Morgan fingerprint density at radius 3 is 2.53 bits per heavy atom. The SMILES string of the molecule is O=C(C1=C(O)C(=O)N(Cc2ccccc2)C1c1cccc([N+](=O)[O-])c1)c1cccs1. The van der Waals surface area contributed by atoms with Gasteiger partial charge < -0.3 is 10.0 Å². The van der Waals surface area contributed by atoms with Crippen LogP contribution in [0.2, 0.25) is 0 Å². The molecule has 0 saturated carbocycles. The third-order valence-corrected chi connectivity index (χ3v) is 5.75. The highest BCUT2D eigenvalue weighted by Crippen LogP contribution is 2.41. The number of benzene rings is 2. The number of aliphatic hydroxyl groups is 1. The summed E-state index contributed by atoms with van der Waals surface area (Å²) in [6.07, 6.45) is 0. The first kappa shape index (κ1) is 19.5. The van der Waals surface area contributed by atoms with Crippen molar-refractivity contribution in [2.75, 3.05) is 0 Å². The number of nitro groups is 1. The average Bonchev–Trinajstić information content (AvgIpc) is 3.37. The van der Waals surface area contributed by atoms with E-state index in [2.05, 4.69) is 0 Å². The largest absolute Gasteiger partial charge is 0.503 e. The van der Waals surface area contributed by atoms with E-state index in [1.54, 1.807) is 23.6 Å². The molecule has 2 aromatic carbocycles. The highest BCUT2D eigenvalue weighted by molar-refractivity contribution is 7.12. The quantitative estimate of drug-likeness (QED) is 0.361. The molecule has 1 atom stereocenters. The normalized spacial score (nSPS) is 16.2. The van der Waals surface area contributed by atoms with E-state index >= 15 is 0 Å². The highest BCUT2D eigenvalue weighted by atomic mass is 32.1. The molecule has 1 aliphatic rings. The summed E-state index contributed by atoms with van der Waals surface area (Å²) in [5, 5.41) is 23.6. The zero-order chi connectivity index (χ0) is 21.3. The molecule has 1 amide bonds. The minimum Gasteiger partial charge on any atom is -0.503 e. The molecule has 0 saturated heterocycles. The molecule has 3 aromatic rings. The van der Waals surface area contributed by atoms with E-state index in [4.69, 9.17) is 0 Å². The number of aliphatic hydroxyl groups excluding tert-OH is 1. The lowest BCUT2D eigenvalue weighted by molar-refractivity contribution is -0.384. The van der Waals surface area contributed by atoms with Crippen LogP contribution in [0.4, 0.5) is 5.69 Å². The number of rotatable bonds is 6. The maximum atomic E-state index is 13.1. The number of hydrogen-bond donors (Lipinski definition) is 1. The van der Waals surface area contributed by atoms with E-state index < -0.39 is 28.4 Å². The molecule has 8 heteroatoms. The first-order chi connectivity index (χ1) is 14.5. The zero-order valence-corrected chi connectivity index (χ0v) is 16.4. The number of amides is 1. The van der Waals surface area contributed by atoms with Crippen molar-refractivity contribution in [1.82, 2.24) is 4.90 Å². The third-order valence-electron chi connectivity index (χ3n) is 4.89. The number of Topliss-reactive ketones (excluding diaryl/α,β-unsaturated/α-hetero) is 1. The van der Waals surface area contributed by atoms with E-state index in [0.717, 1.165) is 5.56 Å². The second-order valence-corrected chi connectivity index (χ2v) is 7.69. The number of hydrogen-bond acceptors (Lipinski definition) is 6. The fourth-order valence-corrected chi connectivity index (χ4v) is 4.20. The molecule has 1 aromatic heterocycles. The lowest BCUT2D eigenvalue weighted by atomic mass is 9.95. The summed E-state index contributed by atoms with van der Waals surface area (Å²) in [6, 6.07) is 17.3. The summed E-state index contributed by atoms with van der Waals surface area (Å²) in [6.45, 7) is 0.137. The van der Waals surface area contributed by atoms with Crippen LogP contribution in [0, 0.1) is 10.1 Å². The first-order valence-corrected chi connectivity index (χ1v) is 9.96. The van der Waals surface area contributed by atoms with Gasteiger partial charge in [0.15, 0.2) is 5.76 Å². The van der Waals surface area contributed by atoms with Crippen LogP contribution < -0.4 is 0 Å². The molecular formula is C22H16N2O5S. The lowest BCUT2D eigenvalue weighted by Gasteiger charge is -2.26. The van der Waals surface area contributed by atoms with Crippen LogP contribution in [0.25, 0.3) is 0 Å². The number of non-ortho nitro benzene ring substituents is 1. The van der Waals surface area contributed by atoms with Gasteiger partial charge in [-0.1, -0.05) is 48.5 Å². The van der Waals surface area contributed by atoms with Gasteiger partial charge in [-0.15, -0.1) is 11.3 Å². The summed E-state index contributed by atoms with van der Waals surface area (Å²) in [7, 11) is 0. The van der Waals surface area contributed by atoms with E-state index in [1.165, 1.54) is 34.4 Å². The first-order valence-electron chi connectivity index (χ1n) is 9.08. The van der Waals surface area contributed by atoms with E-state index in [0.29, 0.717) is 10.4 Å². The molecular weight excluding hydrogens is 404 g/mol. The van der Waals surface area contributed by atoms with Gasteiger partial charge in [-0.3, -0.25) is 19.7 Å². The van der Waals surface area contributed by atoms with Crippen molar-refractivity contribution < 1.29 is 19.6 Å². The molecule has 0 spiro atoms. The van der Waals surface area contributed by atoms with Crippen molar-refractivity contribution in [3.05, 3.63) is 110 Å². The van der Waals surface area contributed by atoms with Gasteiger partial charge >= 0.3 is 0 Å². The lowest BCUT2D eigenvalue weighted by Crippen LogP contribution is -2.30. The third kappa shape index (κ3) is 3.48. The Bertz CT molecular complexity index is 1160. The number of thiophene rings is 1. The van der Waals surface area contributed by atoms with Crippen LogP contribution in [-0.4, -0.2) is 26.6 Å². The Labute approximate surface area is 175 Å². The number of ketones is 1. The minimum atomic E-state index is -0.938. The van der Waals surface area contributed by atoms with Crippen molar-refractivity contribution in [2.24, 2.45) is 0 Å². The summed E-state index contributed by atoms with van der Waals surface area (Å²) < 4.78 is 0. The van der Waals surface area contributed by atoms with Crippen LogP contribution >= 0.6 is 11.3 Å². The molecule has 0 radical (unpaired) electrons. The Morgan fingerprint density at radius 1 is 1.10 bits per heavy atom. The van der Waals surface area contributed by atoms with Gasteiger partial charge in [0.2, 0.25) is 5.78 Å². The molecule has 0 fully saturated rings. The molecule has 150 valence electrons. The second-order valence-electron chi connectivity index (χ2n) is 6.74. The smallest absolute Gasteiger partial charge is 0.290 e. The minimum absolute atomic E-state index is 0.0705. The molecule has 2 heterocycles. The van der Waals surface area contributed by atoms with Crippen LogP contribution in [0.1, 0.15) is 26.8 Å². The van der Waals surface area contributed by atoms with Crippen LogP contribution in [0.5, 0.6) is 0 Å². The number of nitrogens with zero attached hydrogens (tertiary/aromatic N) is 2. The van der Waals surface area contributed by atoms with Crippen LogP contribution in [0.3, 0.4) is 0 Å². The standard InChI is InChI=1S/C22H16N2O5S/c25-20(17-10-5-11-30-17)18-19(15-8-4-9-16(12-15)24(28)29)23(22(27)21(18)26)13-14-6-2-1-3-7-14/h1-12,19,26H,13H2. The van der Waals surface area contributed by atoms with E-state index in [1.807, 2.05) is 30.3 Å². The summed E-state index contributed by atoms with van der Waals surface area (Å²) in [5.41, 5.74) is 0.962. The maximum Gasteiger partial charge on any atom is 0.290 e. The fraction of sp³-hybridized carbons (Fsp3) is 0.0909. The Hall–Kier alpha value is -3.78. The predicted octanol–water partition coefficient (Wildman–Crippen LogP) is 4.43. The summed E-state index contributed by atoms with van der Waals surface area (Å²) >= 11 is 1.20. The summed E-state index contributed by atoms with van der Waals surface area (Å²) in [4.78, 5) is 38.6. The molecule has 1 N–H and O–H groups in total. The number of carbonyl (C=O) groups excluding carboxylic acids is 2. The van der Waals surface area contributed by atoms with Crippen LogP contribution in [0.15, 0.2) is 83.4 Å². The number of nitro benzene ring substituents is 1. The fourth-order valence-electron chi connectivity index (χ4n) is 3.52. The maximum absolute atomic E-state index is 13.1. The van der Waals surface area contributed by atoms with Gasteiger partial charge in [-0.2, -0.15) is 0 Å². The monoisotopic (exact) mass is 420 g/mol. The Morgan fingerprint density at radius 2 is 1.87 bits per heavy atom. The van der Waals surface area contributed by atoms with E-state index in [-0.39, 0.29) is 17.8 Å². The van der Waals surface area contributed by atoms with Crippen molar-refractivity contribution in [3.8, 4) is 0 Å². The van der Waals surface area contributed by atoms with Crippen LogP contribution in [-0.2, 0) is 11.3 Å². The van der Waals surface area contributed by atoms with Gasteiger partial charge in [0.05, 0.1) is 21.4 Å². The number of carbonyl (C=O) groups is 2. The van der Waals surface area contributed by atoms with Gasteiger partial charge in [0.1, 0.15) is 0 Å². The van der Waals surface area contributed by atoms with E-state index in [9.17, 15) is 24.8 Å². The molecule has 7 nitrogen and oxygen atoms in total. The molecule has 0 bridgehead atoms. The van der Waals surface area contributed by atoms with Gasteiger partial charge in [0, 0.05) is 18.7 Å². The van der Waals surface area contributed by atoms with Gasteiger partial charge in [-0.25, -0.2) is 0 Å². The van der Waals surface area contributed by atoms with Crippen molar-refractivity contribution in [1.29, 1.82) is 0 Å². The second kappa shape index (κ2) is 7.92. The Balaban J connectivity index is 1.83. The molecule has 30 heavy (non-hydrogen) atoms.